The molecule has 0 N–H and O–H groups in total. The molecule has 2 bridgehead atoms. The maximum absolute atomic E-state index is 13.0. The fourth-order valence-corrected chi connectivity index (χ4v) is 5.82. The van der Waals surface area contributed by atoms with Gasteiger partial charge in [0, 0.05) is 30.7 Å². The maximum atomic E-state index is 13.0. The fraction of sp³-hybridized carbons (Fsp3) is 0.611. The lowest BCUT2D eigenvalue weighted by atomic mass is 9.51. The molecule has 2 unspecified atom stereocenters. The molecule has 1 aromatic rings. The Hall–Kier alpha value is -1.39. The first-order chi connectivity index (χ1) is 10.4. The summed E-state index contributed by atoms with van der Waals surface area (Å²) in [7, 11) is 1.82. The minimum atomic E-state index is -0.343. The van der Waals surface area contributed by atoms with Crippen molar-refractivity contribution in [3.63, 3.8) is 0 Å². The van der Waals surface area contributed by atoms with Gasteiger partial charge in [-0.15, -0.1) is 0 Å². The van der Waals surface area contributed by atoms with Crippen LogP contribution >= 0.6 is 0 Å². The van der Waals surface area contributed by atoms with Crippen molar-refractivity contribution >= 4 is 5.78 Å². The Morgan fingerprint density at radius 1 is 1.41 bits per heavy atom. The number of hydrogen-bond acceptors (Lipinski definition) is 3. The summed E-state index contributed by atoms with van der Waals surface area (Å²) in [5, 5.41) is 13.0. The highest BCUT2D eigenvalue weighted by molar-refractivity contribution is 5.88. The van der Waals surface area contributed by atoms with Crippen LogP contribution < -0.4 is 4.74 Å². The number of piperidine rings is 1. The molecule has 1 aromatic carbocycles. The van der Waals surface area contributed by atoms with Crippen molar-refractivity contribution in [1.82, 2.24) is 0 Å². The second-order valence-corrected chi connectivity index (χ2v) is 7.81. The molecule has 5 atom stereocenters. The lowest BCUT2D eigenvalue weighted by Crippen LogP contribution is -2.70. The Labute approximate surface area is 130 Å². The third-order valence-corrected chi connectivity index (χ3v) is 6.83. The van der Waals surface area contributed by atoms with E-state index in [0.29, 0.717) is 18.9 Å². The highest BCUT2D eigenvalue weighted by Gasteiger charge is 2.67. The summed E-state index contributed by atoms with van der Waals surface area (Å²) in [6.07, 6.45) is 2.69. The van der Waals surface area contributed by atoms with Gasteiger partial charge in [0.2, 0.25) is 0 Å². The number of likely N-dealkylation sites (tertiary alicyclic amines) is 1. The number of quaternary nitrogens is 1. The number of carbonyl (C=O) groups excluding carboxylic acids is 1. The van der Waals surface area contributed by atoms with Crippen LogP contribution in [0.5, 0.6) is 5.75 Å². The molecule has 4 heteroatoms. The Morgan fingerprint density at radius 2 is 2.23 bits per heavy atom. The predicted molar refractivity (Wildman–Crippen MR) is 81.5 cm³/mol. The molecule has 1 spiro atoms. The fourth-order valence-electron chi connectivity index (χ4n) is 5.82. The molecule has 1 saturated heterocycles. The number of carbonyl (C=O) groups is 1. The van der Waals surface area contributed by atoms with Crippen molar-refractivity contribution in [3.8, 4) is 5.75 Å². The lowest BCUT2D eigenvalue weighted by Gasteiger charge is -2.62. The third-order valence-electron chi connectivity index (χ3n) is 6.83. The van der Waals surface area contributed by atoms with E-state index in [4.69, 9.17) is 4.74 Å². The SMILES string of the molecule is Cc1ccc2c3c1O[C@@H]1C(=O)CC[C@@H]4C(C2)[N+](C)([O-])CC[C@@]314. The predicted octanol–water partition coefficient (Wildman–Crippen LogP) is 2.25. The van der Waals surface area contributed by atoms with Gasteiger partial charge in [-0.25, -0.2) is 0 Å². The van der Waals surface area contributed by atoms with E-state index in [1.165, 1.54) is 11.1 Å². The monoisotopic (exact) mass is 299 g/mol. The van der Waals surface area contributed by atoms with E-state index in [1.807, 2.05) is 7.05 Å². The summed E-state index contributed by atoms with van der Waals surface area (Å²) in [5.41, 5.74) is 3.44. The summed E-state index contributed by atoms with van der Waals surface area (Å²) in [5.74, 6) is 1.48. The number of ether oxygens (including phenoxy) is 1. The van der Waals surface area contributed by atoms with E-state index in [1.54, 1.807) is 0 Å². The van der Waals surface area contributed by atoms with Gasteiger partial charge in [-0.3, -0.25) is 4.79 Å². The first kappa shape index (κ1) is 13.1. The number of hydrogen-bond donors (Lipinski definition) is 0. The second kappa shape index (κ2) is 3.74. The highest BCUT2D eigenvalue weighted by atomic mass is 16.5. The second-order valence-electron chi connectivity index (χ2n) is 7.81. The van der Waals surface area contributed by atoms with Crippen LogP contribution in [-0.4, -0.2) is 36.2 Å². The van der Waals surface area contributed by atoms with Crippen LogP contribution in [0.2, 0.25) is 0 Å². The van der Waals surface area contributed by atoms with Crippen LogP contribution in [-0.2, 0) is 16.6 Å². The minimum Gasteiger partial charge on any atom is -0.633 e. The zero-order valence-electron chi connectivity index (χ0n) is 13.1. The van der Waals surface area contributed by atoms with Crippen molar-refractivity contribution in [2.24, 2.45) is 5.92 Å². The van der Waals surface area contributed by atoms with Gasteiger partial charge < -0.3 is 14.6 Å². The zero-order valence-corrected chi connectivity index (χ0v) is 13.1. The van der Waals surface area contributed by atoms with Crippen LogP contribution in [0.4, 0.5) is 0 Å². The highest BCUT2D eigenvalue weighted by Crippen LogP contribution is 2.62. The normalized spacial score (nSPS) is 44.5. The van der Waals surface area contributed by atoms with Gasteiger partial charge in [0.1, 0.15) is 5.75 Å². The standard InChI is InChI=1S/C18H21NO3/c1-10-3-4-11-9-13-12-5-6-14(20)17-18(12,7-8-19(13,2)21)15(11)16(10)22-17/h3-4,12-13,17H,5-9H2,1-2H3/t12-,13?,17-,18-,19?/m1/s1. The number of benzene rings is 1. The van der Waals surface area contributed by atoms with Gasteiger partial charge >= 0.3 is 0 Å². The molecule has 2 fully saturated rings. The van der Waals surface area contributed by atoms with Gasteiger partial charge in [-0.1, -0.05) is 12.1 Å². The largest absolute Gasteiger partial charge is 0.633 e. The van der Waals surface area contributed by atoms with Crippen molar-refractivity contribution in [1.29, 1.82) is 0 Å². The van der Waals surface area contributed by atoms with E-state index in [0.717, 1.165) is 30.6 Å². The first-order valence-corrected chi connectivity index (χ1v) is 8.34. The van der Waals surface area contributed by atoms with E-state index >= 15 is 0 Å². The Balaban J connectivity index is 1.83. The quantitative estimate of drug-likeness (QED) is 0.545. The smallest absolute Gasteiger partial charge is 0.174 e. The zero-order chi connectivity index (χ0) is 15.3. The molecular weight excluding hydrogens is 278 g/mol. The molecule has 4 aliphatic rings. The van der Waals surface area contributed by atoms with Gasteiger partial charge in [0.15, 0.2) is 11.9 Å². The maximum Gasteiger partial charge on any atom is 0.174 e. The number of aryl methyl sites for hydroxylation is 1. The Bertz CT molecular complexity index is 711. The van der Waals surface area contributed by atoms with Crippen LogP contribution in [0.3, 0.4) is 0 Å². The molecule has 22 heavy (non-hydrogen) atoms. The molecule has 0 amide bonds. The van der Waals surface area contributed by atoms with Crippen molar-refractivity contribution < 1.29 is 14.2 Å². The summed E-state index contributed by atoms with van der Waals surface area (Å²) < 4.78 is 6.07. The van der Waals surface area contributed by atoms with E-state index in [-0.39, 0.29) is 28.0 Å². The van der Waals surface area contributed by atoms with Gasteiger partial charge in [-0.2, -0.15) is 0 Å². The van der Waals surface area contributed by atoms with Crippen molar-refractivity contribution in [2.75, 3.05) is 13.6 Å². The molecular formula is C18H21NO3. The summed E-state index contributed by atoms with van der Waals surface area (Å²) in [4.78, 5) is 12.6. The van der Waals surface area contributed by atoms with Crippen LogP contribution in [0, 0.1) is 18.0 Å². The van der Waals surface area contributed by atoms with Crippen molar-refractivity contribution in [3.05, 3.63) is 34.0 Å². The number of hydroxylamine groups is 3. The van der Waals surface area contributed by atoms with Crippen molar-refractivity contribution in [2.45, 2.75) is 50.2 Å². The summed E-state index contributed by atoms with van der Waals surface area (Å²) in [6.45, 7) is 2.66. The molecule has 2 aliphatic heterocycles. The first-order valence-electron chi connectivity index (χ1n) is 8.34. The minimum absolute atomic E-state index is 0.0779. The molecule has 4 nitrogen and oxygen atoms in total. The Kier molecular flexibility index (Phi) is 2.23. The topological polar surface area (TPSA) is 49.4 Å². The average Bonchev–Trinajstić information content (AvgIpc) is 2.84. The number of rotatable bonds is 0. The number of nitrogens with zero attached hydrogens (tertiary/aromatic N) is 1. The number of ketones is 1. The number of Topliss-reactive ketones (excluding diaryl/α,β-unsaturated/α-hetero) is 1. The third kappa shape index (κ3) is 1.26. The molecule has 1 saturated carbocycles. The lowest BCUT2D eigenvalue weighted by molar-refractivity contribution is -0.899. The van der Waals surface area contributed by atoms with Crippen LogP contribution in [0.1, 0.15) is 36.0 Å². The Morgan fingerprint density at radius 3 is 3.05 bits per heavy atom. The molecule has 2 heterocycles. The van der Waals surface area contributed by atoms with Gasteiger partial charge in [0.25, 0.3) is 0 Å². The van der Waals surface area contributed by atoms with Gasteiger partial charge in [-0.05, 0) is 24.5 Å². The van der Waals surface area contributed by atoms with Gasteiger partial charge in [0.05, 0.1) is 25.0 Å². The van der Waals surface area contributed by atoms with Crippen LogP contribution in [0.15, 0.2) is 12.1 Å². The molecule has 0 radical (unpaired) electrons. The van der Waals surface area contributed by atoms with E-state index in [2.05, 4.69) is 19.1 Å². The van der Waals surface area contributed by atoms with E-state index < -0.39 is 0 Å². The van der Waals surface area contributed by atoms with E-state index in [9.17, 15) is 10.0 Å². The summed E-state index contributed by atoms with van der Waals surface area (Å²) >= 11 is 0. The molecule has 2 aliphatic carbocycles. The number of likely N-dealkylation sites (N-methyl/N-ethyl adjacent to an activating group) is 1. The molecule has 5 rings (SSSR count). The van der Waals surface area contributed by atoms with Crippen LogP contribution in [0.25, 0.3) is 0 Å². The molecule has 116 valence electrons. The average molecular weight is 299 g/mol. The molecule has 0 aromatic heterocycles. The summed E-state index contributed by atoms with van der Waals surface area (Å²) in [6, 6.07) is 4.32.